The first-order chi connectivity index (χ1) is 24.4. The zero-order chi connectivity index (χ0) is 35.8. The summed E-state index contributed by atoms with van der Waals surface area (Å²) in [5, 5.41) is 2.80. The minimum absolute atomic E-state index is 0.0764. The number of amides is 1. The van der Waals surface area contributed by atoms with Crippen LogP contribution in [0.4, 0.5) is 23.5 Å². The van der Waals surface area contributed by atoms with Crippen molar-refractivity contribution in [3.63, 3.8) is 0 Å². The van der Waals surface area contributed by atoms with Crippen LogP contribution in [-0.2, 0) is 34.1 Å². The van der Waals surface area contributed by atoms with E-state index < -0.39 is 39.5 Å². The third-order valence-corrected chi connectivity index (χ3v) is 11.1. The average Bonchev–Trinajstić information content (AvgIpc) is 3.82. The fourth-order valence-corrected chi connectivity index (χ4v) is 8.08. The molecule has 11 nitrogen and oxygen atoms in total. The van der Waals surface area contributed by atoms with Crippen molar-refractivity contribution in [1.29, 1.82) is 0 Å². The number of fused-ring (bicyclic) bond motifs is 1. The van der Waals surface area contributed by atoms with E-state index in [4.69, 9.17) is 19.4 Å². The highest BCUT2D eigenvalue weighted by Crippen LogP contribution is 2.34. The second-order valence-electron chi connectivity index (χ2n) is 12.5. The Balaban J connectivity index is 1.08. The molecule has 1 amide bonds. The van der Waals surface area contributed by atoms with Gasteiger partial charge in [0.15, 0.2) is 11.5 Å². The maximum Gasteiger partial charge on any atom is 0.416 e. The van der Waals surface area contributed by atoms with Crippen LogP contribution < -0.4 is 19.7 Å². The Hall–Kier alpha value is -4.80. The zero-order valence-corrected chi connectivity index (χ0v) is 28.1. The van der Waals surface area contributed by atoms with E-state index in [1.54, 1.807) is 6.07 Å². The molecule has 1 aromatic heterocycles. The molecule has 0 saturated carbocycles. The van der Waals surface area contributed by atoms with Crippen molar-refractivity contribution in [1.82, 2.24) is 24.5 Å². The fourth-order valence-electron chi connectivity index (χ4n) is 6.42. The van der Waals surface area contributed by atoms with Crippen LogP contribution >= 0.6 is 0 Å². The second kappa shape index (κ2) is 14.1. The van der Waals surface area contributed by atoms with Crippen LogP contribution in [0.2, 0.25) is 0 Å². The second-order valence-corrected chi connectivity index (χ2v) is 14.4. The largest absolute Gasteiger partial charge is 0.454 e. The van der Waals surface area contributed by atoms with Gasteiger partial charge in [-0.2, -0.15) is 17.5 Å². The van der Waals surface area contributed by atoms with E-state index in [2.05, 4.69) is 10.2 Å². The van der Waals surface area contributed by atoms with Crippen molar-refractivity contribution < 1.29 is 40.2 Å². The number of hydrogen-bond donors (Lipinski definition) is 1. The summed E-state index contributed by atoms with van der Waals surface area (Å²) in [4.78, 5) is 27.0. The smallest absolute Gasteiger partial charge is 0.416 e. The summed E-state index contributed by atoms with van der Waals surface area (Å²) in [6.45, 7) is 3.48. The first kappa shape index (κ1) is 34.6. The molecule has 0 unspecified atom stereocenters. The maximum atomic E-state index is 13.5. The maximum absolute atomic E-state index is 13.5. The van der Waals surface area contributed by atoms with Gasteiger partial charge in [0.05, 0.1) is 28.4 Å². The van der Waals surface area contributed by atoms with Crippen molar-refractivity contribution >= 4 is 21.9 Å². The van der Waals surface area contributed by atoms with Crippen LogP contribution in [0.3, 0.4) is 0 Å². The summed E-state index contributed by atoms with van der Waals surface area (Å²) < 4.78 is 92.0. The van der Waals surface area contributed by atoms with Gasteiger partial charge in [0.25, 0.3) is 0 Å². The molecule has 268 valence electrons. The molecular weight excluding hydrogens is 692 g/mol. The Morgan fingerprint density at radius 1 is 0.882 bits per heavy atom. The molecule has 3 aliphatic rings. The highest BCUT2D eigenvalue weighted by atomic mass is 32.2. The van der Waals surface area contributed by atoms with Gasteiger partial charge in [-0.05, 0) is 73.0 Å². The monoisotopic (exact) mass is 726 g/mol. The number of carbonyl (C=O) groups is 1. The van der Waals surface area contributed by atoms with Gasteiger partial charge in [-0.15, -0.1) is 0 Å². The third-order valence-electron chi connectivity index (χ3n) is 9.14. The van der Waals surface area contributed by atoms with Crippen LogP contribution in [0.1, 0.15) is 29.7 Å². The summed E-state index contributed by atoms with van der Waals surface area (Å²) in [6.07, 6.45) is -3.73. The summed E-state index contributed by atoms with van der Waals surface area (Å²) in [5.74, 6) is 0.700. The zero-order valence-electron chi connectivity index (χ0n) is 27.3. The molecule has 51 heavy (non-hydrogen) atoms. The molecule has 1 N–H and O–H groups in total. The lowest BCUT2D eigenvalue weighted by molar-refractivity contribution is -0.137. The number of alkyl halides is 3. The number of hydrogen-bond acceptors (Lipinski definition) is 9. The predicted octanol–water partition coefficient (Wildman–Crippen LogP) is 4.82. The number of halogens is 4. The summed E-state index contributed by atoms with van der Waals surface area (Å²) >= 11 is 0. The van der Waals surface area contributed by atoms with Gasteiger partial charge in [-0.3, -0.25) is 9.69 Å². The molecule has 2 saturated heterocycles. The van der Waals surface area contributed by atoms with E-state index in [-0.39, 0.29) is 24.8 Å². The molecule has 4 heterocycles. The quantitative estimate of drug-likeness (QED) is 0.243. The van der Waals surface area contributed by atoms with Crippen molar-refractivity contribution in [3.8, 4) is 22.8 Å². The SMILES string of the molecule is O=C(NCc1cc(-c2ccc(C(F)(F)F)cc2)nc(N2CCN(Cc3ccc4c(c3)OCO4)CC2)n1)[C@@H]1CCCN1S(=O)(=O)c1ccc(F)cc1. The highest BCUT2D eigenvalue weighted by molar-refractivity contribution is 7.89. The number of nitrogens with zero attached hydrogens (tertiary/aromatic N) is 5. The number of carbonyl (C=O) groups excluding carboxylic acids is 1. The lowest BCUT2D eigenvalue weighted by Gasteiger charge is -2.35. The van der Waals surface area contributed by atoms with Crippen molar-refractivity contribution in [2.24, 2.45) is 0 Å². The Morgan fingerprint density at radius 3 is 2.33 bits per heavy atom. The van der Waals surface area contributed by atoms with Gasteiger partial charge in [0, 0.05) is 44.8 Å². The molecule has 3 aromatic carbocycles. The number of anilines is 1. The molecule has 7 rings (SSSR count). The van der Waals surface area contributed by atoms with E-state index in [1.807, 2.05) is 23.1 Å². The van der Waals surface area contributed by atoms with E-state index in [1.165, 1.54) is 24.3 Å². The Kier molecular flexibility index (Phi) is 9.56. The average molecular weight is 727 g/mol. The molecular formula is C35H34F4N6O5S. The first-order valence-corrected chi connectivity index (χ1v) is 17.8. The molecule has 2 fully saturated rings. The topological polar surface area (TPSA) is 117 Å². The Labute approximate surface area is 291 Å². The third kappa shape index (κ3) is 7.62. The fraction of sp³-hybridized carbons (Fsp3) is 0.343. The number of rotatable bonds is 9. The lowest BCUT2D eigenvalue weighted by atomic mass is 10.1. The first-order valence-electron chi connectivity index (χ1n) is 16.4. The number of nitrogens with one attached hydrogen (secondary N) is 1. The Morgan fingerprint density at radius 2 is 1.61 bits per heavy atom. The molecule has 0 spiro atoms. The van der Waals surface area contributed by atoms with Gasteiger partial charge >= 0.3 is 6.18 Å². The minimum atomic E-state index is -4.50. The van der Waals surface area contributed by atoms with E-state index in [9.17, 15) is 30.8 Å². The van der Waals surface area contributed by atoms with Crippen LogP contribution in [-0.4, -0.2) is 79.1 Å². The molecule has 0 radical (unpaired) electrons. The van der Waals surface area contributed by atoms with Gasteiger partial charge in [0.2, 0.25) is 28.7 Å². The van der Waals surface area contributed by atoms with E-state index in [0.717, 1.165) is 45.6 Å². The molecule has 3 aliphatic heterocycles. The van der Waals surface area contributed by atoms with Gasteiger partial charge in [-0.25, -0.2) is 22.8 Å². The highest BCUT2D eigenvalue weighted by Gasteiger charge is 2.39. The molecule has 0 bridgehead atoms. The molecule has 1 atom stereocenters. The van der Waals surface area contributed by atoms with E-state index in [0.29, 0.717) is 68.5 Å². The van der Waals surface area contributed by atoms with Crippen LogP contribution in [0.5, 0.6) is 11.5 Å². The van der Waals surface area contributed by atoms with Crippen molar-refractivity contribution in [3.05, 3.63) is 95.4 Å². The van der Waals surface area contributed by atoms with Crippen LogP contribution in [0.25, 0.3) is 11.3 Å². The predicted molar refractivity (Wildman–Crippen MR) is 178 cm³/mol. The molecule has 0 aliphatic carbocycles. The van der Waals surface area contributed by atoms with E-state index >= 15 is 0 Å². The standard InChI is InChI=1S/C35H34F4N6O5S/c36-26-8-10-28(11-9-26)51(47,48)45-13-1-2-30(45)33(46)40-20-27-19-29(24-4-6-25(7-5-24)35(37,38)39)42-34(41-27)44-16-14-43(15-17-44)21-23-3-12-31-32(18-23)50-22-49-31/h3-12,18-19,30H,1-2,13-17,20-22H2,(H,40,46)/t30-/m0/s1. The molecule has 16 heteroatoms. The normalized spacial score (nSPS) is 18.3. The number of aromatic nitrogens is 2. The number of ether oxygens (including phenoxy) is 2. The summed E-state index contributed by atoms with van der Waals surface area (Å²) in [6, 6.07) is 15.6. The molecule has 4 aromatic rings. The van der Waals surface area contributed by atoms with Gasteiger partial charge < -0.3 is 19.7 Å². The van der Waals surface area contributed by atoms with Gasteiger partial charge in [0.1, 0.15) is 11.9 Å². The van der Waals surface area contributed by atoms with Crippen molar-refractivity contribution in [2.45, 2.75) is 43.0 Å². The van der Waals surface area contributed by atoms with Gasteiger partial charge in [-0.1, -0.05) is 18.2 Å². The summed E-state index contributed by atoms with van der Waals surface area (Å²) in [7, 11) is -4.06. The number of piperazine rings is 1. The van der Waals surface area contributed by atoms with Crippen molar-refractivity contribution in [2.75, 3.05) is 44.4 Å². The van der Waals surface area contributed by atoms with Crippen LogP contribution in [0.15, 0.2) is 77.7 Å². The van der Waals surface area contributed by atoms with Crippen LogP contribution in [0, 0.1) is 5.82 Å². The number of benzene rings is 3. The summed E-state index contributed by atoms with van der Waals surface area (Å²) in [5.41, 5.74) is 1.51. The lowest BCUT2D eigenvalue weighted by Crippen LogP contribution is -2.47. The number of sulfonamides is 1. The minimum Gasteiger partial charge on any atom is -0.454 e. The Bertz CT molecular complexity index is 2010.